The molecule has 0 aromatic carbocycles. The van der Waals surface area contributed by atoms with Gasteiger partial charge in [0, 0.05) is 12.6 Å². The summed E-state index contributed by atoms with van der Waals surface area (Å²) in [5.74, 6) is -0.956. The Morgan fingerprint density at radius 3 is 2.53 bits per heavy atom. The second-order valence-electron chi connectivity index (χ2n) is 5.45. The molecule has 2 rings (SSSR count). The Kier molecular flexibility index (Phi) is 4.63. The highest BCUT2D eigenvalue weighted by Gasteiger charge is 2.29. The fourth-order valence-corrected chi connectivity index (χ4v) is 2.77. The van der Waals surface area contributed by atoms with Crippen LogP contribution in [0.4, 0.5) is 4.79 Å². The van der Waals surface area contributed by atoms with Crippen LogP contribution in [0.3, 0.4) is 0 Å². The van der Waals surface area contributed by atoms with Crippen LogP contribution >= 0.6 is 0 Å². The SMILES string of the molecule is C[C@H]1COCCN1C(=O)NC1CCC(C(=O)O)CC1. The molecular formula is C13H22N2O4. The molecular weight excluding hydrogens is 248 g/mol. The van der Waals surface area contributed by atoms with Crippen molar-refractivity contribution in [1.82, 2.24) is 10.2 Å². The number of hydrogen-bond donors (Lipinski definition) is 2. The number of hydrogen-bond acceptors (Lipinski definition) is 3. The van der Waals surface area contributed by atoms with Gasteiger partial charge in [-0.3, -0.25) is 4.79 Å². The topological polar surface area (TPSA) is 78.9 Å². The fourth-order valence-electron chi connectivity index (χ4n) is 2.77. The molecule has 1 aliphatic heterocycles. The number of rotatable bonds is 2. The monoisotopic (exact) mass is 270 g/mol. The van der Waals surface area contributed by atoms with Crippen molar-refractivity contribution in [3.8, 4) is 0 Å². The number of amides is 2. The van der Waals surface area contributed by atoms with E-state index in [0.29, 0.717) is 32.6 Å². The van der Waals surface area contributed by atoms with Gasteiger partial charge in [-0.25, -0.2) is 4.79 Å². The second-order valence-corrected chi connectivity index (χ2v) is 5.45. The summed E-state index contributed by atoms with van der Waals surface area (Å²) in [5.41, 5.74) is 0. The van der Waals surface area contributed by atoms with Gasteiger partial charge >= 0.3 is 12.0 Å². The van der Waals surface area contributed by atoms with Crippen LogP contribution in [0.15, 0.2) is 0 Å². The number of carbonyl (C=O) groups is 2. The fraction of sp³-hybridized carbons (Fsp3) is 0.846. The lowest BCUT2D eigenvalue weighted by atomic mass is 9.86. The number of morpholine rings is 1. The van der Waals surface area contributed by atoms with Crippen molar-refractivity contribution >= 4 is 12.0 Å². The maximum Gasteiger partial charge on any atom is 0.318 e. The van der Waals surface area contributed by atoms with Crippen molar-refractivity contribution in [2.24, 2.45) is 5.92 Å². The summed E-state index contributed by atoms with van der Waals surface area (Å²) in [6.07, 6.45) is 2.81. The lowest BCUT2D eigenvalue weighted by Crippen LogP contribution is -2.53. The molecule has 1 heterocycles. The number of nitrogens with zero attached hydrogens (tertiary/aromatic N) is 1. The van der Waals surface area contributed by atoms with Crippen LogP contribution in [0.5, 0.6) is 0 Å². The minimum Gasteiger partial charge on any atom is -0.481 e. The van der Waals surface area contributed by atoms with E-state index in [1.807, 2.05) is 6.92 Å². The molecule has 0 unspecified atom stereocenters. The molecule has 0 aromatic rings. The van der Waals surface area contributed by atoms with E-state index in [1.165, 1.54) is 0 Å². The number of urea groups is 1. The summed E-state index contributed by atoms with van der Waals surface area (Å²) in [4.78, 5) is 24.8. The molecule has 0 bridgehead atoms. The van der Waals surface area contributed by atoms with E-state index in [4.69, 9.17) is 9.84 Å². The van der Waals surface area contributed by atoms with E-state index in [0.717, 1.165) is 12.8 Å². The number of nitrogens with one attached hydrogen (secondary N) is 1. The molecule has 2 aliphatic rings. The van der Waals surface area contributed by atoms with Crippen LogP contribution in [0, 0.1) is 5.92 Å². The molecule has 1 saturated carbocycles. The minimum absolute atomic E-state index is 0.0467. The third-order valence-corrected chi connectivity index (χ3v) is 4.03. The average molecular weight is 270 g/mol. The van der Waals surface area contributed by atoms with Crippen molar-refractivity contribution in [2.45, 2.75) is 44.7 Å². The Hall–Kier alpha value is -1.30. The Labute approximate surface area is 113 Å². The zero-order valence-corrected chi connectivity index (χ0v) is 11.3. The third kappa shape index (κ3) is 3.59. The van der Waals surface area contributed by atoms with E-state index in [1.54, 1.807) is 4.90 Å². The van der Waals surface area contributed by atoms with E-state index in [-0.39, 0.29) is 24.0 Å². The molecule has 6 heteroatoms. The molecule has 2 N–H and O–H groups in total. The number of carboxylic acids is 1. The van der Waals surface area contributed by atoms with E-state index in [9.17, 15) is 9.59 Å². The number of ether oxygens (including phenoxy) is 1. The van der Waals surface area contributed by atoms with Crippen molar-refractivity contribution in [1.29, 1.82) is 0 Å². The average Bonchev–Trinajstić information content (AvgIpc) is 2.39. The molecule has 2 fully saturated rings. The second kappa shape index (κ2) is 6.23. The molecule has 2 amide bonds. The Morgan fingerprint density at radius 1 is 1.26 bits per heavy atom. The Bertz CT molecular complexity index is 340. The van der Waals surface area contributed by atoms with Gasteiger partial charge in [0.1, 0.15) is 0 Å². The maximum absolute atomic E-state index is 12.1. The first kappa shape index (κ1) is 14.1. The highest BCUT2D eigenvalue weighted by atomic mass is 16.5. The molecule has 1 saturated heterocycles. The zero-order valence-electron chi connectivity index (χ0n) is 11.3. The van der Waals surface area contributed by atoms with Gasteiger partial charge in [-0.2, -0.15) is 0 Å². The number of carbonyl (C=O) groups excluding carboxylic acids is 1. The summed E-state index contributed by atoms with van der Waals surface area (Å²) in [6, 6.07) is 0.164. The summed E-state index contributed by atoms with van der Waals surface area (Å²) in [5, 5.41) is 12.0. The first-order chi connectivity index (χ1) is 9.08. The summed E-state index contributed by atoms with van der Waals surface area (Å²) >= 11 is 0. The molecule has 19 heavy (non-hydrogen) atoms. The number of carboxylic acid groups (broad SMARTS) is 1. The third-order valence-electron chi connectivity index (χ3n) is 4.03. The highest BCUT2D eigenvalue weighted by molar-refractivity contribution is 5.75. The van der Waals surface area contributed by atoms with E-state index in [2.05, 4.69) is 5.32 Å². The Balaban J connectivity index is 1.78. The zero-order chi connectivity index (χ0) is 13.8. The predicted molar refractivity (Wildman–Crippen MR) is 68.9 cm³/mol. The van der Waals surface area contributed by atoms with Crippen LogP contribution < -0.4 is 5.32 Å². The molecule has 1 aliphatic carbocycles. The summed E-state index contributed by atoms with van der Waals surface area (Å²) in [7, 11) is 0. The van der Waals surface area contributed by atoms with Crippen LogP contribution in [-0.4, -0.2) is 53.8 Å². The Morgan fingerprint density at radius 2 is 1.95 bits per heavy atom. The molecule has 0 spiro atoms. The maximum atomic E-state index is 12.1. The van der Waals surface area contributed by atoms with Gasteiger partial charge in [0.25, 0.3) is 0 Å². The van der Waals surface area contributed by atoms with Gasteiger partial charge in [-0.1, -0.05) is 0 Å². The normalized spacial score (nSPS) is 31.8. The van der Waals surface area contributed by atoms with E-state index >= 15 is 0 Å². The molecule has 0 radical (unpaired) electrons. The minimum atomic E-state index is -0.716. The largest absolute Gasteiger partial charge is 0.481 e. The van der Waals surface area contributed by atoms with Crippen molar-refractivity contribution < 1.29 is 19.4 Å². The van der Waals surface area contributed by atoms with Crippen molar-refractivity contribution in [3.63, 3.8) is 0 Å². The van der Waals surface area contributed by atoms with Gasteiger partial charge in [-0.15, -0.1) is 0 Å². The molecule has 1 atom stereocenters. The molecule has 108 valence electrons. The van der Waals surface area contributed by atoms with Crippen LogP contribution in [0.1, 0.15) is 32.6 Å². The van der Waals surface area contributed by atoms with E-state index < -0.39 is 5.97 Å². The number of aliphatic carboxylic acids is 1. The lowest BCUT2D eigenvalue weighted by Gasteiger charge is -2.35. The van der Waals surface area contributed by atoms with Crippen molar-refractivity contribution in [2.75, 3.05) is 19.8 Å². The molecule has 0 aromatic heterocycles. The van der Waals surface area contributed by atoms with Gasteiger partial charge in [0.05, 0.1) is 25.2 Å². The van der Waals surface area contributed by atoms with Crippen LogP contribution in [-0.2, 0) is 9.53 Å². The van der Waals surface area contributed by atoms with Gasteiger partial charge < -0.3 is 20.1 Å². The van der Waals surface area contributed by atoms with Crippen LogP contribution in [0.25, 0.3) is 0 Å². The first-order valence-electron chi connectivity index (χ1n) is 6.95. The first-order valence-corrected chi connectivity index (χ1v) is 6.95. The predicted octanol–water partition coefficient (Wildman–Crippen LogP) is 1.06. The van der Waals surface area contributed by atoms with Gasteiger partial charge in [0.2, 0.25) is 0 Å². The lowest BCUT2D eigenvalue weighted by molar-refractivity contribution is -0.142. The van der Waals surface area contributed by atoms with Crippen molar-refractivity contribution in [3.05, 3.63) is 0 Å². The van der Waals surface area contributed by atoms with Gasteiger partial charge in [-0.05, 0) is 32.6 Å². The summed E-state index contributed by atoms with van der Waals surface area (Å²) in [6.45, 7) is 3.76. The van der Waals surface area contributed by atoms with Gasteiger partial charge in [0.15, 0.2) is 0 Å². The standard InChI is InChI=1S/C13H22N2O4/c1-9-8-19-7-6-15(9)13(18)14-11-4-2-10(3-5-11)12(16)17/h9-11H,2-8H2,1H3,(H,14,18)(H,16,17)/t9-,10?,11?/m0/s1. The highest BCUT2D eigenvalue weighted by Crippen LogP contribution is 2.24. The van der Waals surface area contributed by atoms with Crippen LogP contribution in [0.2, 0.25) is 0 Å². The molecule has 6 nitrogen and oxygen atoms in total. The quantitative estimate of drug-likeness (QED) is 0.786. The summed E-state index contributed by atoms with van der Waals surface area (Å²) < 4.78 is 5.31. The smallest absolute Gasteiger partial charge is 0.318 e.